The summed E-state index contributed by atoms with van der Waals surface area (Å²) < 4.78 is 6.73. The lowest BCUT2D eigenvalue weighted by Crippen LogP contribution is -2.22. The number of aromatic nitrogens is 2. The Kier molecular flexibility index (Phi) is 5.68. The quantitative estimate of drug-likeness (QED) is 0.359. The number of aliphatic imine (C=N–C) groups is 1. The zero-order valence-corrected chi connectivity index (χ0v) is 16.0. The minimum Gasteiger partial charge on any atom is -0.492 e. The molecule has 3 rings (SSSR count). The molecule has 3 aromatic rings. The number of nitrogens with two attached hydrogens (primary N) is 2. The lowest BCUT2D eigenvalue weighted by Gasteiger charge is -2.12. The van der Waals surface area contributed by atoms with Crippen molar-refractivity contribution >= 4 is 38.5 Å². The first-order valence-electron chi connectivity index (χ1n) is 8.38. The third kappa shape index (κ3) is 3.94. The van der Waals surface area contributed by atoms with Gasteiger partial charge in [-0.15, -0.1) is 10.2 Å². The third-order valence-electron chi connectivity index (χ3n) is 3.85. The first-order chi connectivity index (χ1) is 12.6. The van der Waals surface area contributed by atoms with E-state index in [4.69, 9.17) is 16.2 Å². The van der Waals surface area contributed by atoms with Crippen molar-refractivity contribution in [3.8, 4) is 17.0 Å². The molecule has 0 saturated carbocycles. The Hall–Kier alpha value is -2.67. The Bertz CT molecular complexity index is 940. The monoisotopic (exact) mass is 413 g/mol. The van der Waals surface area contributed by atoms with Crippen LogP contribution in [0.25, 0.3) is 22.0 Å². The number of ether oxygens (including phenoxy) is 1. The van der Waals surface area contributed by atoms with Crippen molar-refractivity contribution in [1.29, 1.82) is 0 Å². The van der Waals surface area contributed by atoms with Crippen LogP contribution in [0.15, 0.2) is 51.9 Å². The maximum absolute atomic E-state index is 5.88. The molecule has 0 bridgehead atoms. The summed E-state index contributed by atoms with van der Waals surface area (Å²) in [5, 5.41) is 10.2. The van der Waals surface area contributed by atoms with Gasteiger partial charge in [-0.05, 0) is 34.5 Å². The average Bonchev–Trinajstić information content (AvgIpc) is 2.63. The molecule has 0 unspecified atom stereocenters. The van der Waals surface area contributed by atoms with Gasteiger partial charge in [0, 0.05) is 16.3 Å². The van der Waals surface area contributed by atoms with Gasteiger partial charge in [0.05, 0.1) is 11.1 Å². The SMILES string of the molecule is CCCCOc1cc2c(N=C(N)N)nnc(-c3ccccc3)c2cc1Br. The van der Waals surface area contributed by atoms with E-state index in [1.165, 1.54) is 0 Å². The predicted octanol–water partition coefficient (Wildman–Crippen LogP) is 4.14. The number of rotatable bonds is 6. The molecule has 134 valence electrons. The number of guanidine groups is 1. The number of halogens is 1. The number of unbranched alkanes of at least 4 members (excludes halogenated alkanes) is 1. The van der Waals surface area contributed by atoms with Gasteiger partial charge in [0.1, 0.15) is 11.4 Å². The van der Waals surface area contributed by atoms with Gasteiger partial charge >= 0.3 is 0 Å². The zero-order chi connectivity index (χ0) is 18.5. The summed E-state index contributed by atoms with van der Waals surface area (Å²) >= 11 is 3.59. The smallest absolute Gasteiger partial charge is 0.192 e. The van der Waals surface area contributed by atoms with E-state index in [-0.39, 0.29) is 5.96 Å². The second-order valence-corrected chi connectivity index (χ2v) is 6.66. The Labute approximate surface area is 160 Å². The van der Waals surface area contributed by atoms with Crippen molar-refractivity contribution < 1.29 is 4.74 Å². The summed E-state index contributed by atoms with van der Waals surface area (Å²) in [7, 11) is 0. The summed E-state index contributed by atoms with van der Waals surface area (Å²) in [6, 6.07) is 13.7. The highest BCUT2D eigenvalue weighted by molar-refractivity contribution is 9.10. The van der Waals surface area contributed by atoms with Gasteiger partial charge < -0.3 is 16.2 Å². The van der Waals surface area contributed by atoms with E-state index in [0.717, 1.165) is 45.1 Å². The molecule has 0 amide bonds. The van der Waals surface area contributed by atoms with Crippen LogP contribution in [0.4, 0.5) is 5.82 Å². The summed E-state index contributed by atoms with van der Waals surface area (Å²) in [5.41, 5.74) is 12.8. The van der Waals surface area contributed by atoms with Crippen LogP contribution in [0.5, 0.6) is 5.75 Å². The molecule has 26 heavy (non-hydrogen) atoms. The molecule has 6 nitrogen and oxygen atoms in total. The van der Waals surface area contributed by atoms with Crippen molar-refractivity contribution in [2.45, 2.75) is 19.8 Å². The van der Waals surface area contributed by atoms with Gasteiger partial charge in [-0.3, -0.25) is 0 Å². The van der Waals surface area contributed by atoms with Crippen molar-refractivity contribution in [2.75, 3.05) is 6.61 Å². The number of hydrogen-bond acceptors (Lipinski definition) is 4. The van der Waals surface area contributed by atoms with Crippen LogP contribution in [0.1, 0.15) is 19.8 Å². The number of benzene rings is 2. The maximum atomic E-state index is 5.88. The van der Waals surface area contributed by atoms with Gasteiger partial charge in [-0.2, -0.15) is 4.99 Å². The van der Waals surface area contributed by atoms with Crippen LogP contribution in [-0.2, 0) is 0 Å². The van der Waals surface area contributed by atoms with E-state index in [1.54, 1.807) is 0 Å². The molecule has 0 radical (unpaired) electrons. The fourth-order valence-electron chi connectivity index (χ4n) is 2.59. The normalized spacial score (nSPS) is 10.7. The van der Waals surface area contributed by atoms with Crippen molar-refractivity contribution in [2.24, 2.45) is 16.5 Å². The highest BCUT2D eigenvalue weighted by atomic mass is 79.9. The van der Waals surface area contributed by atoms with Gasteiger partial charge in [0.2, 0.25) is 0 Å². The molecule has 4 N–H and O–H groups in total. The Balaban J connectivity index is 2.20. The van der Waals surface area contributed by atoms with E-state index in [1.807, 2.05) is 42.5 Å². The lowest BCUT2D eigenvalue weighted by atomic mass is 10.0. The van der Waals surface area contributed by atoms with E-state index in [2.05, 4.69) is 38.0 Å². The molecule has 0 fully saturated rings. The molecule has 2 aromatic carbocycles. The van der Waals surface area contributed by atoms with Crippen LogP contribution < -0.4 is 16.2 Å². The zero-order valence-electron chi connectivity index (χ0n) is 14.4. The Morgan fingerprint density at radius 2 is 1.88 bits per heavy atom. The Morgan fingerprint density at radius 1 is 1.12 bits per heavy atom. The van der Waals surface area contributed by atoms with Gasteiger partial charge in [-0.1, -0.05) is 43.7 Å². The van der Waals surface area contributed by atoms with Crippen LogP contribution in [-0.4, -0.2) is 22.8 Å². The molecule has 1 heterocycles. The van der Waals surface area contributed by atoms with Crippen LogP contribution in [0.2, 0.25) is 0 Å². The fourth-order valence-corrected chi connectivity index (χ4v) is 3.05. The predicted molar refractivity (Wildman–Crippen MR) is 109 cm³/mol. The summed E-state index contributed by atoms with van der Waals surface area (Å²) in [6.07, 6.45) is 2.04. The molecule has 0 aliphatic rings. The van der Waals surface area contributed by atoms with Crippen LogP contribution in [0, 0.1) is 0 Å². The number of nitrogens with zero attached hydrogens (tertiary/aromatic N) is 3. The van der Waals surface area contributed by atoms with Gasteiger partial charge in [-0.25, -0.2) is 0 Å². The minimum atomic E-state index is -0.0653. The van der Waals surface area contributed by atoms with E-state index < -0.39 is 0 Å². The summed E-state index contributed by atoms with van der Waals surface area (Å²) in [4.78, 5) is 4.12. The van der Waals surface area contributed by atoms with E-state index in [0.29, 0.717) is 12.4 Å². The van der Waals surface area contributed by atoms with Crippen molar-refractivity contribution in [3.05, 3.63) is 46.9 Å². The van der Waals surface area contributed by atoms with E-state index >= 15 is 0 Å². The molecule has 0 aliphatic carbocycles. The fraction of sp³-hybridized carbons (Fsp3) is 0.211. The number of hydrogen-bond donors (Lipinski definition) is 2. The van der Waals surface area contributed by atoms with Gasteiger partial charge in [0.25, 0.3) is 0 Å². The highest BCUT2D eigenvalue weighted by Crippen LogP contribution is 2.38. The van der Waals surface area contributed by atoms with Gasteiger partial charge in [0.15, 0.2) is 11.8 Å². The third-order valence-corrected chi connectivity index (χ3v) is 4.47. The van der Waals surface area contributed by atoms with Crippen molar-refractivity contribution in [3.63, 3.8) is 0 Å². The average molecular weight is 414 g/mol. The number of fused-ring (bicyclic) bond motifs is 1. The molecule has 0 saturated heterocycles. The molecule has 7 heteroatoms. The first-order valence-corrected chi connectivity index (χ1v) is 9.17. The molecular weight excluding hydrogens is 394 g/mol. The topological polar surface area (TPSA) is 99.4 Å². The standard InChI is InChI=1S/C19H20BrN5O/c1-2-3-9-26-16-11-14-13(10-15(16)20)17(12-7-5-4-6-8-12)24-25-18(14)23-19(21)22/h4-8,10-11H,2-3,9H2,1H3,(H4,21,22,23,25). The molecule has 0 spiro atoms. The largest absolute Gasteiger partial charge is 0.492 e. The Morgan fingerprint density at radius 3 is 2.58 bits per heavy atom. The molecular formula is C19H20BrN5O. The summed E-state index contributed by atoms with van der Waals surface area (Å²) in [5.74, 6) is 1.03. The highest BCUT2D eigenvalue weighted by Gasteiger charge is 2.14. The second-order valence-electron chi connectivity index (χ2n) is 5.81. The second kappa shape index (κ2) is 8.14. The molecule has 0 aliphatic heterocycles. The maximum Gasteiger partial charge on any atom is 0.192 e. The summed E-state index contributed by atoms with van der Waals surface area (Å²) in [6.45, 7) is 2.76. The molecule has 0 atom stereocenters. The van der Waals surface area contributed by atoms with E-state index in [9.17, 15) is 0 Å². The first kappa shape index (κ1) is 18.1. The van der Waals surface area contributed by atoms with Crippen LogP contribution >= 0.6 is 15.9 Å². The van der Waals surface area contributed by atoms with Crippen molar-refractivity contribution in [1.82, 2.24) is 10.2 Å². The minimum absolute atomic E-state index is 0.0653. The lowest BCUT2D eigenvalue weighted by molar-refractivity contribution is 0.308. The molecule has 1 aromatic heterocycles. The van der Waals surface area contributed by atoms with Crippen LogP contribution in [0.3, 0.4) is 0 Å².